The number of carbonyl (C=O) groups excluding carboxylic acids is 1. The molecule has 0 unspecified atom stereocenters. The van der Waals surface area contributed by atoms with Crippen LogP contribution in [0.25, 0.3) is 0 Å². The van der Waals surface area contributed by atoms with Crippen LogP contribution in [0.1, 0.15) is 21.6 Å². The summed E-state index contributed by atoms with van der Waals surface area (Å²) < 4.78 is 42.4. The summed E-state index contributed by atoms with van der Waals surface area (Å²) in [5, 5.41) is 0. The van der Waals surface area contributed by atoms with Crippen molar-refractivity contribution < 1.29 is 22.7 Å². The zero-order chi connectivity index (χ0) is 15.5. The van der Waals surface area contributed by atoms with Crippen molar-refractivity contribution in [2.75, 3.05) is 7.11 Å². The summed E-state index contributed by atoms with van der Waals surface area (Å²) in [6, 6.07) is 8.89. The van der Waals surface area contributed by atoms with Gasteiger partial charge in [-0.25, -0.2) is 0 Å². The first-order valence-corrected chi connectivity index (χ1v) is 6.10. The molecular weight excluding hydrogens is 283 g/mol. The lowest BCUT2D eigenvalue weighted by Gasteiger charge is -2.08. The lowest BCUT2D eigenvalue weighted by molar-refractivity contribution is -0.137. The van der Waals surface area contributed by atoms with Gasteiger partial charge in [0, 0.05) is 18.2 Å². The standard InChI is InChI=1S/C15H12F3NO2/c1-21-14-5-3-2-4-10(14)8-13(20)12-7-6-11(9-19-12)15(16,17)18/h2-7,9H,8H2,1H3. The molecule has 0 fully saturated rings. The van der Waals surface area contributed by atoms with Gasteiger partial charge in [-0.2, -0.15) is 13.2 Å². The van der Waals surface area contributed by atoms with Gasteiger partial charge in [-0.05, 0) is 18.2 Å². The fraction of sp³-hybridized carbons (Fsp3) is 0.200. The molecule has 1 heterocycles. The van der Waals surface area contributed by atoms with Crippen LogP contribution in [0.5, 0.6) is 5.75 Å². The number of ketones is 1. The summed E-state index contributed by atoms with van der Waals surface area (Å²) in [5.74, 6) is 0.186. The second-order valence-corrected chi connectivity index (χ2v) is 4.34. The third-order valence-corrected chi connectivity index (χ3v) is 2.92. The van der Waals surface area contributed by atoms with E-state index in [1.807, 2.05) is 0 Å². The average molecular weight is 295 g/mol. The van der Waals surface area contributed by atoms with Crippen LogP contribution in [0, 0.1) is 0 Å². The number of benzene rings is 1. The zero-order valence-corrected chi connectivity index (χ0v) is 11.1. The Morgan fingerprint density at radius 3 is 2.48 bits per heavy atom. The Kier molecular flexibility index (Phi) is 4.26. The Morgan fingerprint density at radius 1 is 1.19 bits per heavy atom. The number of methoxy groups -OCH3 is 1. The van der Waals surface area contributed by atoms with Gasteiger partial charge in [0.15, 0.2) is 5.78 Å². The van der Waals surface area contributed by atoms with Crippen LogP contribution in [0.15, 0.2) is 42.6 Å². The average Bonchev–Trinajstić information content (AvgIpc) is 2.47. The van der Waals surface area contributed by atoms with E-state index in [1.165, 1.54) is 7.11 Å². The molecule has 6 heteroatoms. The molecule has 0 spiro atoms. The van der Waals surface area contributed by atoms with E-state index < -0.39 is 11.7 Å². The van der Waals surface area contributed by atoms with Crippen molar-refractivity contribution >= 4 is 5.78 Å². The number of carbonyl (C=O) groups is 1. The van der Waals surface area contributed by atoms with Gasteiger partial charge in [-0.3, -0.25) is 9.78 Å². The topological polar surface area (TPSA) is 39.2 Å². The summed E-state index contributed by atoms with van der Waals surface area (Å²) in [7, 11) is 1.49. The predicted octanol–water partition coefficient (Wildman–Crippen LogP) is 3.53. The molecule has 0 aliphatic heterocycles. The highest BCUT2D eigenvalue weighted by molar-refractivity contribution is 5.96. The number of alkyl halides is 3. The molecule has 1 aromatic carbocycles. The minimum atomic E-state index is -4.46. The van der Waals surface area contributed by atoms with Crippen molar-refractivity contribution in [1.82, 2.24) is 4.98 Å². The summed E-state index contributed by atoms with van der Waals surface area (Å²) in [6.45, 7) is 0. The van der Waals surface area contributed by atoms with Crippen molar-refractivity contribution in [3.8, 4) is 5.75 Å². The van der Waals surface area contributed by atoms with Gasteiger partial charge in [-0.15, -0.1) is 0 Å². The number of ether oxygens (including phenoxy) is 1. The van der Waals surface area contributed by atoms with Gasteiger partial charge in [0.1, 0.15) is 11.4 Å². The number of aromatic nitrogens is 1. The minimum Gasteiger partial charge on any atom is -0.496 e. The van der Waals surface area contributed by atoms with E-state index in [9.17, 15) is 18.0 Å². The van der Waals surface area contributed by atoms with E-state index in [2.05, 4.69) is 4.98 Å². The number of para-hydroxylation sites is 1. The number of hydrogen-bond donors (Lipinski definition) is 0. The van der Waals surface area contributed by atoms with E-state index in [0.717, 1.165) is 12.1 Å². The molecule has 0 saturated heterocycles. The lowest BCUT2D eigenvalue weighted by Crippen LogP contribution is -2.10. The molecule has 0 radical (unpaired) electrons. The maximum absolute atomic E-state index is 12.4. The van der Waals surface area contributed by atoms with Crippen LogP contribution >= 0.6 is 0 Å². The SMILES string of the molecule is COc1ccccc1CC(=O)c1ccc(C(F)(F)F)cn1. The molecule has 0 amide bonds. The van der Waals surface area contributed by atoms with Crippen molar-refractivity contribution in [2.45, 2.75) is 12.6 Å². The maximum atomic E-state index is 12.4. The first-order chi connectivity index (χ1) is 9.91. The number of Topliss-reactive ketones (excluding diaryl/α,β-unsaturated/α-hetero) is 1. The molecule has 0 aliphatic rings. The van der Waals surface area contributed by atoms with Crippen LogP contribution in [-0.4, -0.2) is 17.9 Å². The molecule has 2 rings (SSSR count). The minimum absolute atomic E-state index is 0.00564. The van der Waals surface area contributed by atoms with Gasteiger partial charge >= 0.3 is 6.18 Å². The second-order valence-electron chi connectivity index (χ2n) is 4.34. The predicted molar refractivity (Wildman–Crippen MR) is 70.3 cm³/mol. The number of hydrogen-bond acceptors (Lipinski definition) is 3. The van der Waals surface area contributed by atoms with E-state index in [1.54, 1.807) is 24.3 Å². The smallest absolute Gasteiger partial charge is 0.417 e. The van der Waals surface area contributed by atoms with Crippen LogP contribution in [-0.2, 0) is 12.6 Å². The highest BCUT2D eigenvalue weighted by Gasteiger charge is 2.30. The molecule has 3 nitrogen and oxygen atoms in total. The fourth-order valence-electron chi connectivity index (χ4n) is 1.84. The number of pyridine rings is 1. The van der Waals surface area contributed by atoms with Crippen LogP contribution in [0.3, 0.4) is 0 Å². The van der Waals surface area contributed by atoms with Crippen LogP contribution < -0.4 is 4.74 Å². The fourth-order valence-corrected chi connectivity index (χ4v) is 1.84. The summed E-state index contributed by atoms with van der Waals surface area (Å²) in [6.07, 6.45) is -3.78. The zero-order valence-electron chi connectivity index (χ0n) is 11.1. The molecule has 1 aromatic heterocycles. The highest BCUT2D eigenvalue weighted by atomic mass is 19.4. The number of halogens is 3. The van der Waals surface area contributed by atoms with Gasteiger partial charge < -0.3 is 4.74 Å². The molecule has 0 aliphatic carbocycles. The quantitative estimate of drug-likeness (QED) is 0.810. The van der Waals surface area contributed by atoms with Gasteiger partial charge in [-0.1, -0.05) is 18.2 Å². The molecule has 110 valence electrons. The Morgan fingerprint density at radius 2 is 1.90 bits per heavy atom. The Hall–Kier alpha value is -2.37. The first kappa shape index (κ1) is 15.0. The Balaban J connectivity index is 2.17. The molecular formula is C15H12F3NO2. The normalized spacial score (nSPS) is 11.2. The Labute approximate surface area is 119 Å². The third kappa shape index (κ3) is 3.59. The summed E-state index contributed by atoms with van der Waals surface area (Å²) >= 11 is 0. The molecule has 0 bridgehead atoms. The maximum Gasteiger partial charge on any atom is 0.417 e. The van der Waals surface area contributed by atoms with E-state index in [0.29, 0.717) is 17.5 Å². The van der Waals surface area contributed by atoms with Gasteiger partial charge in [0.05, 0.1) is 12.7 Å². The second kappa shape index (κ2) is 5.95. The lowest BCUT2D eigenvalue weighted by atomic mass is 10.1. The summed E-state index contributed by atoms with van der Waals surface area (Å²) in [5.41, 5.74) is -0.225. The van der Waals surface area contributed by atoms with Crippen molar-refractivity contribution in [1.29, 1.82) is 0 Å². The third-order valence-electron chi connectivity index (χ3n) is 2.92. The first-order valence-electron chi connectivity index (χ1n) is 6.10. The molecule has 2 aromatic rings. The largest absolute Gasteiger partial charge is 0.496 e. The van der Waals surface area contributed by atoms with E-state index in [-0.39, 0.29) is 17.9 Å². The highest BCUT2D eigenvalue weighted by Crippen LogP contribution is 2.28. The van der Waals surface area contributed by atoms with Crippen molar-refractivity contribution in [2.24, 2.45) is 0 Å². The van der Waals surface area contributed by atoms with E-state index in [4.69, 9.17) is 4.74 Å². The van der Waals surface area contributed by atoms with Crippen LogP contribution in [0.2, 0.25) is 0 Å². The monoisotopic (exact) mass is 295 g/mol. The van der Waals surface area contributed by atoms with E-state index >= 15 is 0 Å². The van der Waals surface area contributed by atoms with Crippen molar-refractivity contribution in [3.05, 3.63) is 59.4 Å². The molecule has 0 saturated carbocycles. The number of nitrogens with zero attached hydrogens (tertiary/aromatic N) is 1. The molecule has 21 heavy (non-hydrogen) atoms. The Bertz CT molecular complexity index is 636. The van der Waals surface area contributed by atoms with Crippen molar-refractivity contribution in [3.63, 3.8) is 0 Å². The van der Waals surface area contributed by atoms with Gasteiger partial charge in [0.25, 0.3) is 0 Å². The molecule has 0 atom stereocenters. The number of rotatable bonds is 4. The van der Waals surface area contributed by atoms with Crippen LogP contribution in [0.4, 0.5) is 13.2 Å². The molecule has 0 N–H and O–H groups in total. The van der Waals surface area contributed by atoms with Gasteiger partial charge in [0.2, 0.25) is 0 Å². The summed E-state index contributed by atoms with van der Waals surface area (Å²) in [4.78, 5) is 15.6.